The number of nitrogens with zero attached hydrogens (tertiary/aromatic N) is 2. The minimum Gasteiger partial charge on any atom is -0.480 e. The Bertz CT molecular complexity index is 703. The van der Waals surface area contributed by atoms with Crippen molar-refractivity contribution in [2.24, 2.45) is 0 Å². The third kappa shape index (κ3) is 2.35. The number of imidazole rings is 1. The summed E-state index contributed by atoms with van der Waals surface area (Å²) in [5.74, 6) is 0.649. The molecule has 20 heavy (non-hydrogen) atoms. The van der Waals surface area contributed by atoms with Crippen LogP contribution < -0.4 is 10.1 Å². The Morgan fingerprint density at radius 3 is 2.85 bits per heavy atom. The number of hydrogen-bond acceptors (Lipinski definition) is 5. The average Bonchev–Trinajstić information content (AvgIpc) is 3.06. The highest BCUT2D eigenvalue weighted by molar-refractivity contribution is 7.15. The molecular weight excluding hydrogens is 274 g/mol. The van der Waals surface area contributed by atoms with E-state index in [1.165, 1.54) is 0 Å². The predicted octanol–water partition coefficient (Wildman–Crippen LogP) is 2.51. The Morgan fingerprint density at radius 1 is 1.35 bits per heavy atom. The van der Waals surface area contributed by atoms with Gasteiger partial charge in [-0.15, -0.1) is 11.3 Å². The first-order valence-corrected chi connectivity index (χ1v) is 7.12. The highest BCUT2D eigenvalue weighted by Crippen LogP contribution is 2.24. The van der Waals surface area contributed by atoms with E-state index in [9.17, 15) is 0 Å². The largest absolute Gasteiger partial charge is 0.480 e. The summed E-state index contributed by atoms with van der Waals surface area (Å²) in [5.41, 5.74) is 2.89. The van der Waals surface area contributed by atoms with Gasteiger partial charge in [-0.1, -0.05) is 12.1 Å². The zero-order chi connectivity index (χ0) is 13.9. The molecule has 0 bridgehead atoms. The van der Waals surface area contributed by atoms with Crippen LogP contribution in [0.4, 0.5) is 5.69 Å². The Morgan fingerprint density at radius 2 is 2.15 bits per heavy atom. The lowest BCUT2D eigenvalue weighted by Crippen LogP contribution is -2.03. The second kappa shape index (κ2) is 5.52. The fourth-order valence-corrected chi connectivity index (χ4v) is 2.78. The molecule has 0 aliphatic heterocycles. The first kappa shape index (κ1) is 13.0. The number of thiazole rings is 1. The van der Waals surface area contributed by atoms with E-state index in [1.807, 2.05) is 40.2 Å². The van der Waals surface area contributed by atoms with Crippen molar-refractivity contribution in [1.82, 2.24) is 9.38 Å². The summed E-state index contributed by atoms with van der Waals surface area (Å²) in [4.78, 5) is 5.34. The molecule has 5 nitrogen and oxygen atoms in total. The maximum atomic E-state index is 9.02. The Hall–Kier alpha value is -2.05. The molecule has 3 rings (SSSR count). The molecule has 0 unspecified atom stereocenters. The summed E-state index contributed by atoms with van der Waals surface area (Å²) in [6.07, 6.45) is 1.99. The van der Waals surface area contributed by atoms with Crippen LogP contribution in [0, 0.1) is 0 Å². The second-order valence-corrected chi connectivity index (χ2v) is 5.20. The van der Waals surface area contributed by atoms with Gasteiger partial charge in [0.15, 0.2) is 4.96 Å². The van der Waals surface area contributed by atoms with E-state index in [1.54, 1.807) is 18.4 Å². The molecule has 0 saturated heterocycles. The maximum absolute atomic E-state index is 9.02. The minimum absolute atomic E-state index is 0.0618. The second-order valence-electron chi connectivity index (χ2n) is 4.33. The van der Waals surface area contributed by atoms with Gasteiger partial charge in [0.1, 0.15) is 5.69 Å². The molecule has 2 heterocycles. The van der Waals surface area contributed by atoms with E-state index < -0.39 is 0 Å². The standard InChI is InChI=1S/C14H15N3O2S/c1-19-13-12(17-6-7-20-14(17)16-13)8-15-11-4-2-10(9-18)3-5-11/h2-7,15,18H,8-9H2,1H3. The number of aliphatic hydroxyl groups is 1. The van der Waals surface area contributed by atoms with Crippen LogP contribution in [0.2, 0.25) is 0 Å². The Kier molecular flexibility index (Phi) is 3.58. The highest BCUT2D eigenvalue weighted by Gasteiger charge is 2.13. The van der Waals surface area contributed by atoms with Crippen LogP contribution in [-0.2, 0) is 13.2 Å². The first-order chi connectivity index (χ1) is 9.81. The van der Waals surface area contributed by atoms with Crippen molar-refractivity contribution in [2.45, 2.75) is 13.2 Å². The molecule has 0 amide bonds. The predicted molar refractivity (Wildman–Crippen MR) is 79.3 cm³/mol. The van der Waals surface area contributed by atoms with Crippen LogP contribution in [0.5, 0.6) is 5.88 Å². The number of methoxy groups -OCH3 is 1. The number of hydrogen-bond donors (Lipinski definition) is 2. The number of aromatic nitrogens is 2. The van der Waals surface area contributed by atoms with Crippen molar-refractivity contribution < 1.29 is 9.84 Å². The molecule has 0 atom stereocenters. The van der Waals surface area contributed by atoms with Gasteiger partial charge in [-0.05, 0) is 17.7 Å². The van der Waals surface area contributed by atoms with Crippen molar-refractivity contribution in [3.8, 4) is 5.88 Å². The highest BCUT2D eigenvalue weighted by atomic mass is 32.1. The number of rotatable bonds is 5. The topological polar surface area (TPSA) is 58.8 Å². The van der Waals surface area contributed by atoms with Crippen LogP contribution >= 0.6 is 11.3 Å². The van der Waals surface area contributed by atoms with Crippen LogP contribution in [0.3, 0.4) is 0 Å². The van der Waals surface area contributed by atoms with Crippen molar-refractivity contribution in [3.63, 3.8) is 0 Å². The van der Waals surface area contributed by atoms with E-state index >= 15 is 0 Å². The fraction of sp³-hybridized carbons (Fsp3) is 0.214. The number of ether oxygens (including phenoxy) is 1. The van der Waals surface area contributed by atoms with Crippen molar-refractivity contribution >= 4 is 22.0 Å². The number of anilines is 1. The summed E-state index contributed by atoms with van der Waals surface area (Å²) in [6, 6.07) is 7.69. The molecule has 104 valence electrons. The molecular formula is C14H15N3O2S. The molecule has 0 radical (unpaired) electrons. The quantitative estimate of drug-likeness (QED) is 0.757. The van der Waals surface area contributed by atoms with Gasteiger partial charge in [0.2, 0.25) is 5.88 Å². The molecule has 1 aromatic carbocycles. The number of aliphatic hydroxyl groups excluding tert-OH is 1. The van der Waals surface area contributed by atoms with Gasteiger partial charge < -0.3 is 15.2 Å². The maximum Gasteiger partial charge on any atom is 0.238 e. The zero-order valence-electron chi connectivity index (χ0n) is 11.0. The third-order valence-corrected chi connectivity index (χ3v) is 3.87. The smallest absolute Gasteiger partial charge is 0.238 e. The first-order valence-electron chi connectivity index (χ1n) is 6.24. The van der Waals surface area contributed by atoms with Gasteiger partial charge >= 0.3 is 0 Å². The van der Waals surface area contributed by atoms with E-state index in [4.69, 9.17) is 9.84 Å². The van der Waals surface area contributed by atoms with E-state index in [0.29, 0.717) is 12.4 Å². The Balaban J connectivity index is 1.80. The third-order valence-electron chi connectivity index (χ3n) is 3.11. The Labute approximate surface area is 120 Å². The molecule has 0 saturated carbocycles. The van der Waals surface area contributed by atoms with Gasteiger partial charge in [-0.3, -0.25) is 4.40 Å². The molecule has 3 aromatic rings. The molecule has 0 aliphatic rings. The summed E-state index contributed by atoms with van der Waals surface area (Å²) in [5, 5.41) is 14.4. The molecule has 0 aliphatic carbocycles. The van der Waals surface area contributed by atoms with Crippen LogP contribution in [0.1, 0.15) is 11.3 Å². The van der Waals surface area contributed by atoms with Crippen LogP contribution in [0.25, 0.3) is 4.96 Å². The normalized spacial score (nSPS) is 10.9. The molecule has 6 heteroatoms. The summed E-state index contributed by atoms with van der Waals surface area (Å²) in [7, 11) is 1.63. The monoisotopic (exact) mass is 289 g/mol. The van der Waals surface area contributed by atoms with E-state index in [2.05, 4.69) is 10.3 Å². The number of benzene rings is 1. The van der Waals surface area contributed by atoms with E-state index in [-0.39, 0.29) is 6.61 Å². The molecule has 0 fully saturated rings. The van der Waals surface area contributed by atoms with Crippen molar-refractivity contribution in [3.05, 3.63) is 47.1 Å². The molecule has 0 spiro atoms. The SMILES string of the molecule is COc1nc2sccn2c1CNc1ccc(CO)cc1. The van der Waals surface area contributed by atoms with Gasteiger partial charge in [0.25, 0.3) is 0 Å². The average molecular weight is 289 g/mol. The van der Waals surface area contributed by atoms with Crippen molar-refractivity contribution in [2.75, 3.05) is 12.4 Å². The van der Waals surface area contributed by atoms with Gasteiger partial charge in [0.05, 0.1) is 20.3 Å². The van der Waals surface area contributed by atoms with Gasteiger partial charge in [-0.25, -0.2) is 0 Å². The van der Waals surface area contributed by atoms with Crippen LogP contribution in [0.15, 0.2) is 35.8 Å². The zero-order valence-corrected chi connectivity index (χ0v) is 11.9. The minimum atomic E-state index is 0.0618. The number of fused-ring (bicyclic) bond motifs is 1. The van der Waals surface area contributed by atoms with Crippen molar-refractivity contribution in [1.29, 1.82) is 0 Å². The lowest BCUT2D eigenvalue weighted by Gasteiger charge is -2.07. The van der Waals surface area contributed by atoms with Gasteiger partial charge in [-0.2, -0.15) is 4.98 Å². The molecule has 2 N–H and O–H groups in total. The number of nitrogens with one attached hydrogen (secondary N) is 1. The fourth-order valence-electron chi connectivity index (χ4n) is 2.05. The van der Waals surface area contributed by atoms with E-state index in [0.717, 1.165) is 21.9 Å². The summed E-state index contributed by atoms with van der Waals surface area (Å²) >= 11 is 1.58. The lowest BCUT2D eigenvalue weighted by atomic mass is 10.2. The van der Waals surface area contributed by atoms with Gasteiger partial charge in [0, 0.05) is 17.3 Å². The molecule has 2 aromatic heterocycles. The lowest BCUT2D eigenvalue weighted by molar-refractivity contribution is 0.282. The summed E-state index contributed by atoms with van der Waals surface area (Å²) < 4.78 is 7.34. The van der Waals surface area contributed by atoms with Crippen LogP contribution in [-0.4, -0.2) is 21.6 Å². The summed E-state index contributed by atoms with van der Waals surface area (Å²) in [6.45, 7) is 0.686.